The van der Waals surface area contributed by atoms with E-state index in [0.717, 1.165) is 10.4 Å². The van der Waals surface area contributed by atoms with Crippen LogP contribution in [0.5, 0.6) is 0 Å². The van der Waals surface area contributed by atoms with Gasteiger partial charge < -0.3 is 9.47 Å². The van der Waals surface area contributed by atoms with E-state index in [-0.39, 0.29) is 73.8 Å². The molecule has 2 aromatic rings. The van der Waals surface area contributed by atoms with Gasteiger partial charge in [0.15, 0.2) is 0 Å². The van der Waals surface area contributed by atoms with E-state index in [1.165, 1.54) is 40.7 Å². The van der Waals surface area contributed by atoms with Crippen LogP contribution in [0.4, 0.5) is 11.4 Å². The van der Waals surface area contributed by atoms with Crippen LogP contribution in [0.25, 0.3) is 0 Å². The number of hydrogen-bond donors (Lipinski definition) is 2. The third-order valence-electron chi connectivity index (χ3n) is 5.43. The lowest BCUT2D eigenvalue weighted by Crippen LogP contribution is -2.43. The molecule has 2 aliphatic rings. The van der Waals surface area contributed by atoms with E-state index in [1.54, 1.807) is 6.07 Å². The summed E-state index contributed by atoms with van der Waals surface area (Å²) in [7, 11) is -12.3. The standard InChI is InChI=1S/C20H26N4O8S3/c25-33(26,18-4-2-1-3-5-18)20-16-17(21-34(27,28)23-8-12-31-13-9-23)6-7-19(20)22-35(29,30)24-10-14-32-15-11-24/h1-7,16,21-22H,8-15H2. The molecular weight excluding hydrogens is 520 g/mol. The van der Waals surface area contributed by atoms with Crippen molar-refractivity contribution in [2.24, 2.45) is 0 Å². The van der Waals surface area contributed by atoms with Crippen LogP contribution in [-0.4, -0.2) is 86.5 Å². The summed E-state index contributed by atoms with van der Waals surface area (Å²) < 4.78 is 95.8. The number of rotatable bonds is 8. The van der Waals surface area contributed by atoms with Gasteiger partial charge in [-0.15, -0.1) is 0 Å². The molecular formula is C20H26N4O8S3. The van der Waals surface area contributed by atoms with Gasteiger partial charge in [0.25, 0.3) is 0 Å². The summed E-state index contributed by atoms with van der Waals surface area (Å²) >= 11 is 0. The number of ether oxygens (including phenoxy) is 2. The van der Waals surface area contributed by atoms with Crippen molar-refractivity contribution in [3.8, 4) is 0 Å². The van der Waals surface area contributed by atoms with Crippen molar-refractivity contribution in [2.75, 3.05) is 62.1 Å². The topological polar surface area (TPSA) is 151 Å². The third kappa shape index (κ3) is 5.94. The first kappa shape index (κ1) is 25.8. The molecule has 4 rings (SSSR count). The van der Waals surface area contributed by atoms with Gasteiger partial charge in [-0.05, 0) is 30.3 Å². The minimum atomic E-state index is -4.21. The molecule has 0 saturated carbocycles. The zero-order valence-electron chi connectivity index (χ0n) is 18.7. The number of benzene rings is 2. The second-order valence-electron chi connectivity index (χ2n) is 7.76. The van der Waals surface area contributed by atoms with Crippen LogP contribution in [0.3, 0.4) is 0 Å². The van der Waals surface area contributed by atoms with Crippen LogP contribution in [0, 0.1) is 0 Å². The maximum Gasteiger partial charge on any atom is 0.301 e. The van der Waals surface area contributed by atoms with Crippen LogP contribution in [-0.2, 0) is 39.7 Å². The van der Waals surface area contributed by atoms with E-state index in [9.17, 15) is 25.3 Å². The fraction of sp³-hybridized carbons (Fsp3) is 0.400. The fourth-order valence-corrected chi connectivity index (χ4v) is 7.53. The Labute approximate surface area is 205 Å². The van der Waals surface area contributed by atoms with Crippen LogP contribution in [0.1, 0.15) is 0 Å². The van der Waals surface area contributed by atoms with Gasteiger partial charge in [-0.1, -0.05) is 18.2 Å². The summed E-state index contributed by atoms with van der Waals surface area (Å²) in [5, 5.41) is 0. The zero-order chi connectivity index (χ0) is 25.1. The number of nitrogens with zero attached hydrogens (tertiary/aromatic N) is 2. The lowest BCUT2D eigenvalue weighted by atomic mass is 10.3. The van der Waals surface area contributed by atoms with E-state index in [2.05, 4.69) is 9.44 Å². The average molecular weight is 547 g/mol. The third-order valence-corrected chi connectivity index (χ3v) is 10.3. The minimum absolute atomic E-state index is 0.0275. The second-order valence-corrected chi connectivity index (χ2v) is 13.0. The van der Waals surface area contributed by atoms with Crippen molar-refractivity contribution in [3.05, 3.63) is 48.5 Å². The molecule has 192 valence electrons. The number of hydrogen-bond acceptors (Lipinski definition) is 8. The molecule has 0 aromatic heterocycles. The molecule has 35 heavy (non-hydrogen) atoms. The molecule has 2 aliphatic heterocycles. The van der Waals surface area contributed by atoms with Gasteiger partial charge in [0, 0.05) is 26.2 Å². The van der Waals surface area contributed by atoms with E-state index in [4.69, 9.17) is 9.47 Å². The van der Waals surface area contributed by atoms with Crippen molar-refractivity contribution in [3.63, 3.8) is 0 Å². The summed E-state index contributed by atoms with van der Waals surface area (Å²) in [4.78, 5) is -0.456. The predicted molar refractivity (Wildman–Crippen MR) is 128 cm³/mol. The SMILES string of the molecule is O=S(=O)(c1ccccc1)c1cc(NS(=O)(=O)N2CCOCC2)ccc1NS(=O)(=O)N1CCOCC1. The maximum atomic E-state index is 13.5. The van der Waals surface area contributed by atoms with Gasteiger partial charge in [-0.3, -0.25) is 9.44 Å². The Morgan fingerprint density at radius 1 is 0.657 bits per heavy atom. The lowest BCUT2D eigenvalue weighted by Gasteiger charge is -2.27. The number of sulfone groups is 1. The molecule has 2 heterocycles. The molecule has 15 heteroatoms. The molecule has 2 saturated heterocycles. The summed E-state index contributed by atoms with van der Waals surface area (Å²) in [6.45, 7) is 1.48. The van der Waals surface area contributed by atoms with E-state index < -0.39 is 30.3 Å². The molecule has 0 amide bonds. The first-order valence-corrected chi connectivity index (χ1v) is 15.1. The summed E-state index contributed by atoms with van der Waals surface area (Å²) in [6, 6.07) is 11.1. The Balaban J connectivity index is 1.72. The smallest absolute Gasteiger partial charge is 0.301 e. The number of morpholine rings is 2. The highest BCUT2D eigenvalue weighted by Crippen LogP contribution is 2.32. The fourth-order valence-electron chi connectivity index (χ4n) is 3.61. The predicted octanol–water partition coefficient (Wildman–Crippen LogP) is 0.497. The van der Waals surface area contributed by atoms with Gasteiger partial charge in [0.1, 0.15) is 0 Å². The second kappa shape index (κ2) is 10.4. The van der Waals surface area contributed by atoms with E-state index in [1.807, 2.05) is 0 Å². The van der Waals surface area contributed by atoms with Crippen molar-refractivity contribution in [1.29, 1.82) is 0 Å². The Morgan fingerprint density at radius 2 is 1.17 bits per heavy atom. The zero-order valence-corrected chi connectivity index (χ0v) is 21.1. The Kier molecular flexibility index (Phi) is 7.65. The molecule has 0 spiro atoms. The highest BCUT2D eigenvalue weighted by Gasteiger charge is 2.30. The van der Waals surface area contributed by atoms with Crippen molar-refractivity contribution in [2.45, 2.75) is 9.79 Å². The van der Waals surface area contributed by atoms with Crippen LogP contribution >= 0.6 is 0 Å². The molecule has 0 bridgehead atoms. The first-order chi connectivity index (χ1) is 16.6. The molecule has 0 aliphatic carbocycles. The summed E-state index contributed by atoms with van der Waals surface area (Å²) in [6.07, 6.45) is 0. The van der Waals surface area contributed by atoms with Crippen LogP contribution in [0.2, 0.25) is 0 Å². The molecule has 12 nitrogen and oxygen atoms in total. The largest absolute Gasteiger partial charge is 0.379 e. The minimum Gasteiger partial charge on any atom is -0.379 e. The van der Waals surface area contributed by atoms with E-state index >= 15 is 0 Å². The Hall–Kier alpha value is -2.27. The molecule has 2 aromatic carbocycles. The Morgan fingerprint density at radius 3 is 1.71 bits per heavy atom. The molecule has 0 unspecified atom stereocenters. The van der Waals surface area contributed by atoms with Gasteiger partial charge in [-0.2, -0.15) is 25.4 Å². The highest BCUT2D eigenvalue weighted by atomic mass is 32.2. The maximum absolute atomic E-state index is 13.5. The quantitative estimate of drug-likeness (QED) is 0.486. The number of nitrogens with one attached hydrogen (secondary N) is 2. The first-order valence-electron chi connectivity index (χ1n) is 10.7. The Bertz CT molecular complexity index is 1350. The van der Waals surface area contributed by atoms with Crippen molar-refractivity contribution in [1.82, 2.24) is 8.61 Å². The van der Waals surface area contributed by atoms with Crippen molar-refractivity contribution >= 4 is 41.6 Å². The van der Waals surface area contributed by atoms with Gasteiger partial charge in [0.05, 0.1) is 47.6 Å². The molecule has 0 atom stereocenters. The molecule has 2 fully saturated rings. The lowest BCUT2D eigenvalue weighted by molar-refractivity contribution is 0.0733. The number of anilines is 2. The highest BCUT2D eigenvalue weighted by molar-refractivity contribution is 7.92. The van der Waals surface area contributed by atoms with Gasteiger partial charge in [0.2, 0.25) is 9.84 Å². The van der Waals surface area contributed by atoms with Crippen molar-refractivity contribution < 1.29 is 34.7 Å². The molecule has 0 radical (unpaired) electrons. The normalized spacial score (nSPS) is 18.7. The average Bonchev–Trinajstić information content (AvgIpc) is 2.86. The van der Waals surface area contributed by atoms with Gasteiger partial charge >= 0.3 is 20.4 Å². The molecule has 2 N–H and O–H groups in total. The summed E-state index contributed by atoms with van der Waals surface area (Å²) in [5.41, 5.74) is -0.227. The van der Waals surface area contributed by atoms with Gasteiger partial charge in [-0.25, -0.2) is 8.42 Å². The van der Waals surface area contributed by atoms with Crippen LogP contribution < -0.4 is 9.44 Å². The monoisotopic (exact) mass is 546 g/mol. The summed E-state index contributed by atoms with van der Waals surface area (Å²) in [5.74, 6) is 0. The van der Waals surface area contributed by atoms with Crippen LogP contribution in [0.15, 0.2) is 58.3 Å². The van der Waals surface area contributed by atoms with E-state index in [0.29, 0.717) is 0 Å².